The molecule has 0 saturated heterocycles. The summed E-state index contributed by atoms with van der Waals surface area (Å²) in [4.78, 5) is 0. The first kappa shape index (κ1) is 16.4. The van der Waals surface area contributed by atoms with Crippen molar-refractivity contribution in [3.8, 4) is 0 Å². The van der Waals surface area contributed by atoms with Crippen LogP contribution in [0.1, 0.15) is 31.1 Å². The number of rotatable bonds is 0. The number of benzene rings is 2. The summed E-state index contributed by atoms with van der Waals surface area (Å²) < 4.78 is 9.44. The van der Waals surface area contributed by atoms with E-state index in [1.807, 2.05) is 11.3 Å². The minimum atomic E-state index is 0.508. The summed E-state index contributed by atoms with van der Waals surface area (Å²) in [6, 6.07) is 4.88. The Labute approximate surface area is 164 Å². The fourth-order valence-corrected chi connectivity index (χ4v) is 10.2. The van der Waals surface area contributed by atoms with E-state index in [-0.39, 0.29) is 0 Å². The first-order chi connectivity index (χ1) is 11.9. The van der Waals surface area contributed by atoms with Gasteiger partial charge in [0.1, 0.15) is 0 Å². The zero-order valence-corrected chi connectivity index (χ0v) is 19.6. The van der Waals surface area contributed by atoms with E-state index >= 15 is 0 Å². The second kappa shape index (κ2) is 5.35. The Morgan fingerprint density at radius 3 is 1.40 bits per heavy atom. The third-order valence-electron chi connectivity index (χ3n) is 5.54. The number of hydrogen-bond acceptors (Lipinski definition) is 1. The van der Waals surface area contributed by atoms with Gasteiger partial charge < -0.3 is 0 Å². The molecule has 0 radical (unpaired) electrons. The maximum absolute atomic E-state index is 2.44. The van der Waals surface area contributed by atoms with Crippen molar-refractivity contribution in [2.24, 2.45) is 0 Å². The standard InChI is InChI=1S/C22H20SSe2/c1-9-7-15-11(3)19-17(13(5)21(15)24-9)18-14(6)22-16(8-10(2)25-22)12(4)20(18)23-19/h7-8H,1-6H3. The molecule has 0 unspecified atom stereocenters. The van der Waals surface area contributed by atoms with E-state index in [0.29, 0.717) is 29.0 Å². The Kier molecular flexibility index (Phi) is 3.50. The molecule has 0 aliphatic carbocycles. The van der Waals surface area contributed by atoms with E-state index in [1.54, 1.807) is 39.3 Å². The fraction of sp³-hybridized carbons (Fsp3) is 0.273. The Morgan fingerprint density at radius 1 is 0.600 bits per heavy atom. The zero-order valence-electron chi connectivity index (χ0n) is 15.4. The predicted molar refractivity (Wildman–Crippen MR) is 117 cm³/mol. The molecular formula is C22H20SSe2. The molecule has 0 fully saturated rings. The first-order valence-electron chi connectivity index (χ1n) is 8.63. The van der Waals surface area contributed by atoms with Crippen molar-refractivity contribution in [3.05, 3.63) is 43.3 Å². The summed E-state index contributed by atoms with van der Waals surface area (Å²) in [5.41, 5.74) is 6.11. The SMILES string of the molecule is Cc1cc2c(C)c3sc4c(C)c5cc(C)[se]c5c(C)c4c3c(C)c2[se]1. The molecule has 3 aromatic heterocycles. The van der Waals surface area contributed by atoms with Crippen LogP contribution in [0.25, 0.3) is 39.5 Å². The minimum absolute atomic E-state index is 0.508. The number of thiophene rings is 1. The number of fused-ring (bicyclic) bond motifs is 5. The number of hydrogen-bond donors (Lipinski definition) is 0. The van der Waals surface area contributed by atoms with E-state index in [9.17, 15) is 0 Å². The van der Waals surface area contributed by atoms with Gasteiger partial charge in [-0.05, 0) is 0 Å². The molecule has 0 bridgehead atoms. The molecule has 0 aliphatic rings. The quantitative estimate of drug-likeness (QED) is 0.230. The van der Waals surface area contributed by atoms with Gasteiger partial charge in [-0.2, -0.15) is 0 Å². The Hall–Kier alpha value is -0.821. The second-order valence-corrected chi connectivity index (χ2v) is 13.5. The second-order valence-electron chi connectivity index (χ2n) is 7.21. The van der Waals surface area contributed by atoms with Crippen LogP contribution in [-0.4, -0.2) is 29.0 Å². The summed E-state index contributed by atoms with van der Waals surface area (Å²) in [5, 5.41) is 6.17. The van der Waals surface area contributed by atoms with Gasteiger partial charge >= 0.3 is 165 Å². The molecular weight excluding hydrogens is 454 g/mol. The van der Waals surface area contributed by atoms with Crippen molar-refractivity contribution in [1.82, 2.24) is 0 Å². The molecule has 0 aliphatic heterocycles. The molecule has 3 heterocycles. The molecule has 5 aromatic rings. The van der Waals surface area contributed by atoms with E-state index in [1.165, 1.54) is 31.3 Å². The van der Waals surface area contributed by atoms with Gasteiger partial charge in [0, 0.05) is 0 Å². The fourth-order valence-electron chi connectivity index (χ4n) is 4.29. The van der Waals surface area contributed by atoms with Crippen LogP contribution in [0.4, 0.5) is 0 Å². The molecule has 0 amide bonds. The first-order valence-corrected chi connectivity index (χ1v) is 12.9. The molecule has 0 saturated carbocycles. The average Bonchev–Trinajstić information content (AvgIpc) is 3.25. The van der Waals surface area contributed by atoms with Crippen molar-refractivity contribution >= 4 is 79.8 Å². The molecule has 5 rings (SSSR count). The molecule has 25 heavy (non-hydrogen) atoms. The van der Waals surface area contributed by atoms with Crippen LogP contribution in [0.2, 0.25) is 0 Å². The van der Waals surface area contributed by atoms with Crippen LogP contribution in [0, 0.1) is 41.5 Å². The van der Waals surface area contributed by atoms with Crippen LogP contribution in [0.5, 0.6) is 0 Å². The summed E-state index contributed by atoms with van der Waals surface area (Å²) in [6.07, 6.45) is 0. The summed E-state index contributed by atoms with van der Waals surface area (Å²) in [6.45, 7) is 14.0. The third kappa shape index (κ3) is 2.05. The van der Waals surface area contributed by atoms with Crippen LogP contribution >= 0.6 is 11.3 Å². The molecule has 0 N–H and O–H groups in total. The molecule has 3 heteroatoms. The monoisotopic (exact) mass is 476 g/mol. The van der Waals surface area contributed by atoms with E-state index < -0.39 is 0 Å². The summed E-state index contributed by atoms with van der Waals surface area (Å²) in [7, 11) is 0. The van der Waals surface area contributed by atoms with Crippen LogP contribution in [0.15, 0.2) is 12.1 Å². The van der Waals surface area contributed by atoms with Crippen molar-refractivity contribution < 1.29 is 0 Å². The summed E-state index contributed by atoms with van der Waals surface area (Å²) >= 11 is 3.05. The van der Waals surface area contributed by atoms with Gasteiger partial charge in [0.2, 0.25) is 0 Å². The third-order valence-corrected chi connectivity index (χ3v) is 11.9. The van der Waals surface area contributed by atoms with Crippen molar-refractivity contribution in [2.45, 2.75) is 41.5 Å². The van der Waals surface area contributed by atoms with Gasteiger partial charge in [0.05, 0.1) is 0 Å². The van der Waals surface area contributed by atoms with E-state index in [0.717, 1.165) is 0 Å². The van der Waals surface area contributed by atoms with Gasteiger partial charge in [-0.25, -0.2) is 0 Å². The Balaban J connectivity index is 2.14. The number of aryl methyl sites for hydroxylation is 6. The van der Waals surface area contributed by atoms with Crippen LogP contribution < -0.4 is 0 Å². The molecule has 0 spiro atoms. The van der Waals surface area contributed by atoms with Crippen molar-refractivity contribution in [3.63, 3.8) is 0 Å². The Morgan fingerprint density at radius 2 is 1.00 bits per heavy atom. The van der Waals surface area contributed by atoms with Crippen molar-refractivity contribution in [1.29, 1.82) is 0 Å². The van der Waals surface area contributed by atoms with Crippen LogP contribution in [0.3, 0.4) is 0 Å². The van der Waals surface area contributed by atoms with Gasteiger partial charge in [0.25, 0.3) is 0 Å². The van der Waals surface area contributed by atoms with Crippen LogP contribution in [-0.2, 0) is 0 Å². The zero-order chi connectivity index (χ0) is 17.6. The Bertz CT molecular complexity index is 1240. The van der Waals surface area contributed by atoms with Gasteiger partial charge in [-0.3, -0.25) is 0 Å². The summed E-state index contributed by atoms with van der Waals surface area (Å²) in [5.74, 6) is 0. The predicted octanol–water partition coefficient (Wildman–Crippen LogP) is 6.33. The topological polar surface area (TPSA) is 0 Å². The average molecular weight is 474 g/mol. The van der Waals surface area contributed by atoms with Gasteiger partial charge in [0.15, 0.2) is 0 Å². The van der Waals surface area contributed by atoms with E-state index in [4.69, 9.17) is 0 Å². The maximum atomic E-state index is 2.44. The van der Waals surface area contributed by atoms with Crippen molar-refractivity contribution in [2.75, 3.05) is 0 Å². The normalized spacial score (nSPS) is 12.4. The molecule has 0 atom stereocenters. The molecule has 2 aromatic carbocycles. The molecule has 0 nitrogen and oxygen atoms in total. The molecule has 126 valence electrons. The van der Waals surface area contributed by atoms with Gasteiger partial charge in [-0.1, -0.05) is 0 Å². The van der Waals surface area contributed by atoms with E-state index in [2.05, 4.69) is 53.7 Å². The van der Waals surface area contributed by atoms with Gasteiger partial charge in [-0.15, -0.1) is 0 Å².